The standard InChI is InChI=1S/C13H18N2O/c1-15-8-6-10-12(15)5-4-9(13(10)16)11-3-2-7-14-11/h4-5,11,14,16H,2-3,6-8H2,1H3. The Kier molecular flexibility index (Phi) is 2.28. The number of hydrogen-bond acceptors (Lipinski definition) is 3. The molecule has 2 heterocycles. The van der Waals surface area contributed by atoms with Crippen LogP contribution in [-0.4, -0.2) is 25.2 Å². The fourth-order valence-electron chi connectivity index (χ4n) is 2.88. The molecule has 1 atom stereocenters. The average molecular weight is 218 g/mol. The van der Waals surface area contributed by atoms with Gasteiger partial charge in [0.2, 0.25) is 0 Å². The number of phenolic OH excluding ortho intramolecular Hbond substituents is 1. The van der Waals surface area contributed by atoms with E-state index in [1.807, 2.05) is 0 Å². The summed E-state index contributed by atoms with van der Waals surface area (Å²) in [7, 11) is 2.08. The Balaban J connectivity index is 2.02. The highest BCUT2D eigenvalue weighted by Gasteiger charge is 2.25. The number of likely N-dealkylation sites (N-methyl/N-ethyl adjacent to an activating group) is 1. The summed E-state index contributed by atoms with van der Waals surface area (Å²) in [6, 6.07) is 4.59. The van der Waals surface area contributed by atoms with E-state index in [2.05, 4.69) is 29.4 Å². The second kappa shape index (κ2) is 3.67. The molecule has 1 saturated heterocycles. The molecule has 3 rings (SSSR count). The van der Waals surface area contributed by atoms with Gasteiger partial charge in [-0.3, -0.25) is 0 Å². The molecule has 16 heavy (non-hydrogen) atoms. The fourth-order valence-corrected chi connectivity index (χ4v) is 2.88. The summed E-state index contributed by atoms with van der Waals surface area (Å²) in [4.78, 5) is 2.21. The van der Waals surface area contributed by atoms with Crippen molar-refractivity contribution < 1.29 is 5.11 Å². The van der Waals surface area contributed by atoms with Gasteiger partial charge in [-0.1, -0.05) is 6.07 Å². The molecule has 1 fully saturated rings. The van der Waals surface area contributed by atoms with Crippen LogP contribution < -0.4 is 10.2 Å². The Morgan fingerprint density at radius 2 is 2.31 bits per heavy atom. The van der Waals surface area contributed by atoms with Crippen molar-refractivity contribution in [1.29, 1.82) is 0 Å². The number of anilines is 1. The van der Waals surface area contributed by atoms with Crippen LogP contribution in [0.25, 0.3) is 0 Å². The molecule has 0 amide bonds. The van der Waals surface area contributed by atoms with Crippen molar-refractivity contribution in [2.45, 2.75) is 25.3 Å². The Morgan fingerprint density at radius 1 is 1.44 bits per heavy atom. The summed E-state index contributed by atoms with van der Waals surface area (Å²) in [5.74, 6) is 0.529. The smallest absolute Gasteiger partial charge is 0.125 e. The van der Waals surface area contributed by atoms with E-state index >= 15 is 0 Å². The van der Waals surface area contributed by atoms with Gasteiger partial charge >= 0.3 is 0 Å². The molecular formula is C13H18N2O. The van der Waals surface area contributed by atoms with E-state index in [0.29, 0.717) is 11.8 Å². The van der Waals surface area contributed by atoms with E-state index in [4.69, 9.17) is 0 Å². The average Bonchev–Trinajstić information content (AvgIpc) is 2.90. The van der Waals surface area contributed by atoms with Gasteiger partial charge in [0, 0.05) is 36.4 Å². The summed E-state index contributed by atoms with van der Waals surface area (Å²) < 4.78 is 0. The summed E-state index contributed by atoms with van der Waals surface area (Å²) in [6.07, 6.45) is 3.32. The van der Waals surface area contributed by atoms with Crippen molar-refractivity contribution in [3.05, 3.63) is 23.3 Å². The van der Waals surface area contributed by atoms with E-state index in [1.165, 1.54) is 12.1 Å². The second-order valence-electron chi connectivity index (χ2n) is 4.82. The van der Waals surface area contributed by atoms with Crippen molar-refractivity contribution in [2.24, 2.45) is 0 Å². The number of fused-ring (bicyclic) bond motifs is 1. The normalized spacial score (nSPS) is 23.8. The minimum absolute atomic E-state index is 0.358. The lowest BCUT2D eigenvalue weighted by Crippen LogP contribution is -2.14. The Labute approximate surface area is 96.1 Å². The molecule has 0 spiro atoms. The predicted molar refractivity (Wildman–Crippen MR) is 65.1 cm³/mol. The van der Waals surface area contributed by atoms with Crippen LogP contribution in [-0.2, 0) is 6.42 Å². The van der Waals surface area contributed by atoms with Crippen LogP contribution in [0.1, 0.15) is 30.0 Å². The SMILES string of the molecule is CN1CCc2c1ccc(C1CCCN1)c2O. The summed E-state index contributed by atoms with van der Waals surface area (Å²) in [6.45, 7) is 2.09. The van der Waals surface area contributed by atoms with Gasteiger partial charge in [-0.25, -0.2) is 0 Å². The van der Waals surface area contributed by atoms with Crippen molar-refractivity contribution >= 4 is 5.69 Å². The first-order chi connectivity index (χ1) is 7.77. The van der Waals surface area contributed by atoms with E-state index in [1.54, 1.807) is 0 Å². The zero-order valence-corrected chi connectivity index (χ0v) is 9.66. The Hall–Kier alpha value is -1.22. The molecular weight excluding hydrogens is 200 g/mol. The van der Waals surface area contributed by atoms with E-state index < -0.39 is 0 Å². The maximum atomic E-state index is 10.3. The topological polar surface area (TPSA) is 35.5 Å². The van der Waals surface area contributed by atoms with Gasteiger partial charge in [0.05, 0.1) is 0 Å². The zero-order valence-electron chi connectivity index (χ0n) is 9.66. The highest BCUT2D eigenvalue weighted by Crippen LogP contribution is 2.40. The molecule has 1 aromatic rings. The number of nitrogens with one attached hydrogen (secondary N) is 1. The Bertz CT molecular complexity index is 411. The van der Waals surface area contributed by atoms with Gasteiger partial charge < -0.3 is 15.3 Å². The number of aromatic hydroxyl groups is 1. The molecule has 1 unspecified atom stereocenters. The van der Waals surface area contributed by atoms with Crippen LogP contribution in [0.5, 0.6) is 5.75 Å². The molecule has 3 heteroatoms. The van der Waals surface area contributed by atoms with Crippen molar-refractivity contribution in [3.63, 3.8) is 0 Å². The van der Waals surface area contributed by atoms with E-state index in [0.717, 1.165) is 37.1 Å². The van der Waals surface area contributed by atoms with Crippen LogP contribution >= 0.6 is 0 Å². The molecule has 2 N–H and O–H groups in total. The number of nitrogens with zero attached hydrogens (tertiary/aromatic N) is 1. The molecule has 2 aliphatic rings. The highest BCUT2D eigenvalue weighted by molar-refractivity contribution is 5.65. The van der Waals surface area contributed by atoms with Gasteiger partial charge in [-0.05, 0) is 31.9 Å². The van der Waals surface area contributed by atoms with Crippen molar-refractivity contribution in [1.82, 2.24) is 5.32 Å². The van der Waals surface area contributed by atoms with Crippen LogP contribution in [0.15, 0.2) is 12.1 Å². The van der Waals surface area contributed by atoms with Gasteiger partial charge in [0.1, 0.15) is 5.75 Å². The van der Waals surface area contributed by atoms with Crippen LogP contribution in [0, 0.1) is 0 Å². The molecule has 0 radical (unpaired) electrons. The van der Waals surface area contributed by atoms with E-state index in [-0.39, 0.29) is 0 Å². The molecule has 0 saturated carbocycles. The molecule has 0 aliphatic carbocycles. The minimum Gasteiger partial charge on any atom is -0.507 e. The van der Waals surface area contributed by atoms with Gasteiger partial charge in [0.25, 0.3) is 0 Å². The Morgan fingerprint density at radius 3 is 3.06 bits per heavy atom. The second-order valence-corrected chi connectivity index (χ2v) is 4.82. The first-order valence-electron chi connectivity index (χ1n) is 6.06. The minimum atomic E-state index is 0.358. The lowest BCUT2D eigenvalue weighted by Gasteiger charge is -2.17. The maximum Gasteiger partial charge on any atom is 0.125 e. The third kappa shape index (κ3) is 1.39. The first kappa shape index (κ1) is 9.97. The van der Waals surface area contributed by atoms with Crippen LogP contribution in [0.4, 0.5) is 5.69 Å². The lowest BCUT2D eigenvalue weighted by molar-refractivity contribution is 0.452. The first-order valence-corrected chi connectivity index (χ1v) is 6.06. The summed E-state index contributed by atoms with van der Waals surface area (Å²) in [5, 5.41) is 13.8. The fraction of sp³-hybridized carbons (Fsp3) is 0.538. The number of hydrogen-bond donors (Lipinski definition) is 2. The largest absolute Gasteiger partial charge is 0.507 e. The number of phenols is 1. The van der Waals surface area contributed by atoms with Crippen molar-refractivity contribution in [3.8, 4) is 5.75 Å². The molecule has 2 aliphatic heterocycles. The van der Waals surface area contributed by atoms with Crippen LogP contribution in [0.2, 0.25) is 0 Å². The third-order valence-electron chi connectivity index (χ3n) is 3.83. The summed E-state index contributed by atoms with van der Waals surface area (Å²) >= 11 is 0. The summed E-state index contributed by atoms with van der Waals surface area (Å²) in [5.41, 5.74) is 3.42. The van der Waals surface area contributed by atoms with Crippen LogP contribution in [0.3, 0.4) is 0 Å². The molecule has 3 nitrogen and oxygen atoms in total. The molecule has 86 valence electrons. The van der Waals surface area contributed by atoms with Gasteiger partial charge in [0.15, 0.2) is 0 Å². The monoisotopic (exact) mass is 218 g/mol. The predicted octanol–water partition coefficient (Wildman–Crippen LogP) is 1.81. The maximum absolute atomic E-state index is 10.3. The number of benzene rings is 1. The molecule has 1 aromatic carbocycles. The zero-order chi connectivity index (χ0) is 11.1. The molecule has 0 bridgehead atoms. The van der Waals surface area contributed by atoms with E-state index in [9.17, 15) is 5.11 Å². The van der Waals surface area contributed by atoms with Gasteiger partial charge in [-0.2, -0.15) is 0 Å². The lowest BCUT2D eigenvalue weighted by atomic mass is 9.99. The highest BCUT2D eigenvalue weighted by atomic mass is 16.3. The third-order valence-corrected chi connectivity index (χ3v) is 3.83. The van der Waals surface area contributed by atoms with Gasteiger partial charge in [-0.15, -0.1) is 0 Å². The van der Waals surface area contributed by atoms with Crippen molar-refractivity contribution in [2.75, 3.05) is 25.0 Å². The quantitative estimate of drug-likeness (QED) is 0.754. The molecule has 0 aromatic heterocycles. The number of rotatable bonds is 1.